The number of aromatic nitrogens is 3. The van der Waals surface area contributed by atoms with E-state index in [0.717, 1.165) is 11.3 Å². The van der Waals surface area contributed by atoms with Crippen molar-refractivity contribution in [2.45, 2.75) is 13.0 Å². The smallest absolute Gasteiger partial charge is 0.148 e. The maximum Gasteiger partial charge on any atom is 0.148 e. The normalized spacial score (nSPS) is 12.8. The van der Waals surface area contributed by atoms with Gasteiger partial charge in [0.05, 0.1) is 16.3 Å². The van der Waals surface area contributed by atoms with Gasteiger partial charge in [0.15, 0.2) is 0 Å². The predicted octanol–water partition coefficient (Wildman–Crippen LogP) is 3.20. The molecule has 3 rings (SSSR count). The molecule has 0 aromatic carbocycles. The molecule has 0 fully saturated rings. The lowest BCUT2D eigenvalue weighted by atomic mass is 10.1. The molecule has 0 bridgehead atoms. The predicted molar refractivity (Wildman–Crippen MR) is 74.9 cm³/mol. The van der Waals surface area contributed by atoms with E-state index in [0.29, 0.717) is 0 Å². The van der Waals surface area contributed by atoms with Gasteiger partial charge in [0.25, 0.3) is 0 Å². The maximum atomic E-state index is 4.45. The minimum Gasteiger partial charge on any atom is -0.362 e. The number of hydrogen-bond donors (Lipinski definition) is 1. The Morgan fingerprint density at radius 2 is 2.28 bits per heavy atom. The highest BCUT2D eigenvalue weighted by Gasteiger charge is 2.08. The molecule has 3 aromatic rings. The molecule has 3 heterocycles. The minimum atomic E-state index is 0.193. The average molecular weight is 258 g/mol. The van der Waals surface area contributed by atoms with E-state index in [9.17, 15) is 0 Å². The van der Waals surface area contributed by atoms with Gasteiger partial charge in [-0.25, -0.2) is 0 Å². The van der Waals surface area contributed by atoms with Crippen molar-refractivity contribution in [3.8, 4) is 0 Å². The van der Waals surface area contributed by atoms with Crippen molar-refractivity contribution >= 4 is 27.4 Å². The zero-order valence-electron chi connectivity index (χ0n) is 10.3. The Bertz CT molecular complexity index is 670. The van der Waals surface area contributed by atoms with Gasteiger partial charge in [0.1, 0.15) is 5.82 Å². The first kappa shape index (κ1) is 11.2. The summed E-state index contributed by atoms with van der Waals surface area (Å²) in [7, 11) is 1.91. The van der Waals surface area contributed by atoms with Crippen LogP contribution in [0.25, 0.3) is 10.2 Å². The largest absolute Gasteiger partial charge is 0.362 e. The number of rotatable bonds is 3. The third-order valence-corrected chi connectivity index (χ3v) is 3.75. The number of anilines is 1. The Morgan fingerprint density at radius 3 is 3.06 bits per heavy atom. The number of pyridine rings is 1. The van der Waals surface area contributed by atoms with Crippen LogP contribution in [-0.2, 0) is 7.05 Å². The average Bonchev–Trinajstić information content (AvgIpc) is 2.96. The van der Waals surface area contributed by atoms with E-state index in [4.69, 9.17) is 0 Å². The highest BCUT2D eigenvalue weighted by Crippen LogP contribution is 2.24. The number of thiophene rings is 1. The molecule has 5 heteroatoms. The molecule has 0 saturated carbocycles. The van der Waals surface area contributed by atoms with Crippen LogP contribution < -0.4 is 5.32 Å². The number of aryl methyl sites for hydroxylation is 1. The molecule has 1 N–H and O–H groups in total. The quantitative estimate of drug-likeness (QED) is 0.784. The summed E-state index contributed by atoms with van der Waals surface area (Å²) in [5.41, 5.74) is 2.24. The summed E-state index contributed by atoms with van der Waals surface area (Å²) in [6, 6.07) is 6.39. The van der Waals surface area contributed by atoms with E-state index in [1.807, 2.05) is 31.6 Å². The van der Waals surface area contributed by atoms with Crippen LogP contribution in [0.5, 0.6) is 0 Å². The van der Waals surface area contributed by atoms with Crippen LogP contribution in [0.2, 0.25) is 0 Å². The van der Waals surface area contributed by atoms with Gasteiger partial charge in [-0.3, -0.25) is 9.67 Å². The van der Waals surface area contributed by atoms with Gasteiger partial charge in [-0.1, -0.05) is 0 Å². The summed E-state index contributed by atoms with van der Waals surface area (Å²) in [6.45, 7) is 2.12. The van der Waals surface area contributed by atoms with Crippen LogP contribution in [0.3, 0.4) is 0 Å². The molecular weight excluding hydrogens is 244 g/mol. The lowest BCUT2D eigenvalue weighted by Gasteiger charge is -2.13. The zero-order valence-corrected chi connectivity index (χ0v) is 11.1. The van der Waals surface area contributed by atoms with Crippen molar-refractivity contribution in [3.05, 3.63) is 41.5 Å². The third-order valence-electron chi connectivity index (χ3n) is 2.90. The van der Waals surface area contributed by atoms with Crippen molar-refractivity contribution in [2.75, 3.05) is 5.32 Å². The summed E-state index contributed by atoms with van der Waals surface area (Å²) in [4.78, 5) is 4.45. The second kappa shape index (κ2) is 4.42. The minimum absolute atomic E-state index is 0.193. The molecule has 0 amide bonds. The van der Waals surface area contributed by atoms with Crippen LogP contribution in [0, 0.1) is 0 Å². The van der Waals surface area contributed by atoms with Gasteiger partial charge in [-0.05, 0) is 30.0 Å². The molecule has 92 valence electrons. The number of nitrogens with one attached hydrogen (secondary N) is 1. The molecule has 1 unspecified atom stereocenters. The Hall–Kier alpha value is -1.88. The van der Waals surface area contributed by atoms with E-state index >= 15 is 0 Å². The third kappa shape index (κ3) is 2.09. The first-order valence-electron chi connectivity index (χ1n) is 5.82. The monoisotopic (exact) mass is 258 g/mol. The van der Waals surface area contributed by atoms with Gasteiger partial charge in [-0.15, -0.1) is 11.3 Å². The van der Waals surface area contributed by atoms with Crippen molar-refractivity contribution in [1.29, 1.82) is 0 Å². The molecule has 1 atom stereocenters. The van der Waals surface area contributed by atoms with Gasteiger partial charge in [0, 0.05) is 25.5 Å². The standard InChI is InChI=1S/C13H14N4S/c1-9(15-13-3-5-17(2)16-13)10-7-12-11(14-8-10)4-6-18-12/h3-9H,1-2H3,(H,15,16). The van der Waals surface area contributed by atoms with Crippen molar-refractivity contribution in [3.63, 3.8) is 0 Å². The van der Waals surface area contributed by atoms with E-state index in [1.54, 1.807) is 16.0 Å². The highest BCUT2D eigenvalue weighted by molar-refractivity contribution is 7.17. The Kier molecular flexibility index (Phi) is 2.76. The molecule has 4 nitrogen and oxygen atoms in total. The zero-order chi connectivity index (χ0) is 12.5. The molecule has 0 aliphatic carbocycles. The lowest BCUT2D eigenvalue weighted by Crippen LogP contribution is -2.07. The summed E-state index contributed by atoms with van der Waals surface area (Å²) in [5.74, 6) is 0.885. The summed E-state index contributed by atoms with van der Waals surface area (Å²) >= 11 is 1.72. The summed E-state index contributed by atoms with van der Waals surface area (Å²) in [6.07, 6.45) is 3.85. The maximum absolute atomic E-state index is 4.45. The lowest BCUT2D eigenvalue weighted by molar-refractivity contribution is 0.760. The van der Waals surface area contributed by atoms with E-state index in [-0.39, 0.29) is 6.04 Å². The first-order valence-corrected chi connectivity index (χ1v) is 6.70. The van der Waals surface area contributed by atoms with Crippen LogP contribution in [0.15, 0.2) is 36.0 Å². The second-order valence-electron chi connectivity index (χ2n) is 4.31. The summed E-state index contributed by atoms with van der Waals surface area (Å²) < 4.78 is 3.01. The Labute approximate surface area is 109 Å². The number of fused-ring (bicyclic) bond motifs is 1. The molecule has 18 heavy (non-hydrogen) atoms. The summed E-state index contributed by atoms with van der Waals surface area (Å²) in [5, 5.41) is 9.75. The SMILES string of the molecule is CC(Nc1ccn(C)n1)c1cnc2ccsc2c1. The van der Waals surface area contributed by atoms with Gasteiger partial charge in [-0.2, -0.15) is 5.10 Å². The molecule has 0 spiro atoms. The number of hydrogen-bond acceptors (Lipinski definition) is 4. The van der Waals surface area contributed by atoms with Crippen LogP contribution in [-0.4, -0.2) is 14.8 Å². The number of nitrogens with zero attached hydrogens (tertiary/aromatic N) is 3. The second-order valence-corrected chi connectivity index (χ2v) is 5.26. The molecular formula is C13H14N4S. The van der Waals surface area contributed by atoms with Crippen molar-refractivity contribution < 1.29 is 0 Å². The van der Waals surface area contributed by atoms with Crippen molar-refractivity contribution in [2.24, 2.45) is 7.05 Å². The van der Waals surface area contributed by atoms with Gasteiger partial charge < -0.3 is 5.32 Å². The van der Waals surface area contributed by atoms with E-state index in [1.165, 1.54) is 10.3 Å². The van der Waals surface area contributed by atoms with E-state index < -0.39 is 0 Å². The highest BCUT2D eigenvalue weighted by atomic mass is 32.1. The topological polar surface area (TPSA) is 42.7 Å². The Morgan fingerprint density at radius 1 is 1.39 bits per heavy atom. The first-order chi connectivity index (χ1) is 8.72. The van der Waals surface area contributed by atoms with Gasteiger partial charge >= 0.3 is 0 Å². The van der Waals surface area contributed by atoms with Crippen LogP contribution >= 0.6 is 11.3 Å². The molecule has 0 saturated heterocycles. The molecule has 3 aromatic heterocycles. The Balaban J connectivity index is 1.84. The molecule has 0 aliphatic heterocycles. The fourth-order valence-corrected chi connectivity index (χ4v) is 2.68. The van der Waals surface area contributed by atoms with Crippen molar-refractivity contribution in [1.82, 2.24) is 14.8 Å². The fourth-order valence-electron chi connectivity index (χ4n) is 1.90. The molecule has 0 radical (unpaired) electrons. The van der Waals surface area contributed by atoms with Gasteiger partial charge in [0.2, 0.25) is 0 Å². The van der Waals surface area contributed by atoms with E-state index in [2.05, 4.69) is 33.8 Å². The van der Waals surface area contributed by atoms with Crippen LogP contribution in [0.1, 0.15) is 18.5 Å². The van der Waals surface area contributed by atoms with Crippen LogP contribution in [0.4, 0.5) is 5.82 Å². The fraction of sp³-hybridized carbons (Fsp3) is 0.231. The molecule has 0 aliphatic rings.